The molecule has 1 aromatic rings. The Kier molecular flexibility index (Phi) is 9.28. The molecular weight excluding hydrogens is 361 g/mol. The first-order chi connectivity index (χ1) is 11.1. The number of nitrogens with one attached hydrogen (secondary N) is 1. The Hall–Kier alpha value is -0.750. The van der Waals surface area contributed by atoms with Gasteiger partial charge in [0.15, 0.2) is 0 Å². The molecule has 0 spiro atoms. The van der Waals surface area contributed by atoms with Crippen LogP contribution in [0.2, 0.25) is 0 Å². The average molecular weight is 392 g/mol. The monoisotopic (exact) mass is 391 g/mol. The molecule has 0 bridgehead atoms. The summed E-state index contributed by atoms with van der Waals surface area (Å²) in [5.74, 6) is 2.84. The summed E-state index contributed by atoms with van der Waals surface area (Å²) in [5.41, 5.74) is 6.24. The lowest BCUT2D eigenvalue weighted by Crippen LogP contribution is -2.39. The number of nitrogens with zero attached hydrogens (tertiary/aromatic N) is 1. The molecule has 2 heterocycles. The summed E-state index contributed by atoms with van der Waals surface area (Å²) in [6.07, 6.45) is 6.49. The van der Waals surface area contributed by atoms with E-state index in [1.165, 1.54) is 32.1 Å². The number of halogens is 2. The number of carbonyl (C=O) groups excluding carboxylic acids is 1. The molecule has 5 nitrogen and oxygen atoms in total. The van der Waals surface area contributed by atoms with Crippen molar-refractivity contribution in [3.8, 4) is 0 Å². The third-order valence-corrected chi connectivity index (χ3v) is 5.25. The fraction of sp³-hybridized carbons (Fsp3) is 0.722. The van der Waals surface area contributed by atoms with Gasteiger partial charge >= 0.3 is 0 Å². The number of likely N-dealkylation sites (tertiary alicyclic amines) is 1. The molecule has 1 amide bonds. The maximum Gasteiger partial charge on any atom is 0.234 e. The van der Waals surface area contributed by atoms with Crippen molar-refractivity contribution in [1.82, 2.24) is 10.2 Å². The van der Waals surface area contributed by atoms with Crippen molar-refractivity contribution < 1.29 is 9.21 Å². The molecule has 1 saturated heterocycles. The Morgan fingerprint density at radius 2 is 1.96 bits per heavy atom. The number of amides is 1. The van der Waals surface area contributed by atoms with Crippen LogP contribution in [0, 0.1) is 12.8 Å². The molecule has 1 aliphatic carbocycles. The summed E-state index contributed by atoms with van der Waals surface area (Å²) in [7, 11) is 0. The predicted molar refractivity (Wildman–Crippen MR) is 105 cm³/mol. The number of hydrogen-bond donors (Lipinski definition) is 2. The van der Waals surface area contributed by atoms with E-state index in [0.29, 0.717) is 12.5 Å². The molecule has 25 heavy (non-hydrogen) atoms. The Bertz CT molecular complexity index is 532. The third-order valence-electron chi connectivity index (χ3n) is 5.25. The predicted octanol–water partition coefficient (Wildman–Crippen LogP) is 2.85. The first-order valence-corrected chi connectivity index (χ1v) is 8.93. The summed E-state index contributed by atoms with van der Waals surface area (Å²) in [5, 5.41) is 3.11. The second-order valence-electron chi connectivity index (χ2n) is 7.22. The van der Waals surface area contributed by atoms with Gasteiger partial charge in [-0.3, -0.25) is 9.69 Å². The van der Waals surface area contributed by atoms with Gasteiger partial charge in [0.25, 0.3) is 0 Å². The Labute approximate surface area is 162 Å². The highest BCUT2D eigenvalue weighted by atomic mass is 35.5. The van der Waals surface area contributed by atoms with Crippen LogP contribution in [0.25, 0.3) is 0 Å². The lowest BCUT2D eigenvalue weighted by molar-refractivity contribution is -0.122. The molecule has 3 rings (SSSR count). The van der Waals surface area contributed by atoms with E-state index in [9.17, 15) is 4.79 Å². The molecule has 1 aromatic heterocycles. The van der Waals surface area contributed by atoms with Crippen LogP contribution < -0.4 is 11.1 Å². The van der Waals surface area contributed by atoms with Crippen LogP contribution >= 0.6 is 24.8 Å². The Morgan fingerprint density at radius 1 is 1.24 bits per heavy atom. The molecular formula is C18H31Cl2N3O2. The lowest BCUT2D eigenvalue weighted by Gasteiger charge is -2.22. The number of rotatable bonds is 5. The maximum absolute atomic E-state index is 12.2. The van der Waals surface area contributed by atoms with Crippen LogP contribution in [0.4, 0.5) is 0 Å². The number of furan rings is 1. The normalized spacial score (nSPS) is 24.4. The highest BCUT2D eigenvalue weighted by molar-refractivity contribution is 5.85. The van der Waals surface area contributed by atoms with Gasteiger partial charge in [0.1, 0.15) is 11.5 Å². The van der Waals surface area contributed by atoms with E-state index in [-0.39, 0.29) is 42.7 Å². The third kappa shape index (κ3) is 6.17. The average Bonchev–Trinajstić information content (AvgIpc) is 3.12. The minimum atomic E-state index is 0. The fourth-order valence-corrected chi connectivity index (χ4v) is 3.90. The van der Waals surface area contributed by atoms with Gasteiger partial charge in [-0.05, 0) is 37.8 Å². The van der Waals surface area contributed by atoms with Gasteiger partial charge in [0, 0.05) is 31.6 Å². The lowest BCUT2D eigenvalue weighted by atomic mass is 9.89. The summed E-state index contributed by atoms with van der Waals surface area (Å²) in [6, 6.07) is 4.01. The standard InChI is InChI=1S/C18H29N3O2.2ClH/c1-13-7-8-17(23-13)15-10-21(11-16(15)19)12-18(22)20-9-14-5-3-2-4-6-14;;/h7-8,14-16H,2-6,9-12,19H2,1H3,(H,20,22);2*1H/t15-,16-;;/m0../s1. The number of aryl methyl sites for hydroxylation is 1. The molecule has 7 heteroatoms. The van der Waals surface area contributed by atoms with E-state index >= 15 is 0 Å². The van der Waals surface area contributed by atoms with Crippen molar-refractivity contribution in [2.75, 3.05) is 26.2 Å². The SMILES string of the molecule is Cc1ccc([C@H]2CN(CC(=O)NCC3CCCCC3)C[C@@H]2N)o1.Cl.Cl. The first-order valence-electron chi connectivity index (χ1n) is 8.93. The van der Waals surface area contributed by atoms with Gasteiger partial charge < -0.3 is 15.5 Å². The molecule has 0 aromatic carbocycles. The zero-order valence-electron chi connectivity index (χ0n) is 14.9. The van der Waals surface area contributed by atoms with Gasteiger partial charge in [-0.15, -0.1) is 24.8 Å². The van der Waals surface area contributed by atoms with Crippen molar-refractivity contribution in [1.29, 1.82) is 0 Å². The van der Waals surface area contributed by atoms with Crippen LogP contribution in [-0.4, -0.2) is 43.0 Å². The molecule has 0 unspecified atom stereocenters. The molecule has 144 valence electrons. The number of carbonyl (C=O) groups is 1. The molecule has 1 saturated carbocycles. The smallest absolute Gasteiger partial charge is 0.234 e. The maximum atomic E-state index is 12.2. The zero-order valence-corrected chi connectivity index (χ0v) is 16.5. The quantitative estimate of drug-likeness (QED) is 0.809. The molecule has 2 atom stereocenters. The molecule has 0 radical (unpaired) electrons. The second kappa shape index (κ2) is 10.4. The van der Waals surface area contributed by atoms with Crippen molar-refractivity contribution >= 4 is 30.7 Å². The van der Waals surface area contributed by atoms with Crippen LogP contribution in [0.5, 0.6) is 0 Å². The topological polar surface area (TPSA) is 71.5 Å². The minimum Gasteiger partial charge on any atom is -0.466 e. The van der Waals surface area contributed by atoms with Gasteiger partial charge in [-0.1, -0.05) is 19.3 Å². The largest absolute Gasteiger partial charge is 0.466 e. The zero-order chi connectivity index (χ0) is 16.2. The van der Waals surface area contributed by atoms with Gasteiger partial charge in [-0.2, -0.15) is 0 Å². The second-order valence-corrected chi connectivity index (χ2v) is 7.22. The van der Waals surface area contributed by atoms with Crippen LogP contribution in [-0.2, 0) is 4.79 Å². The summed E-state index contributed by atoms with van der Waals surface area (Å²) < 4.78 is 5.71. The van der Waals surface area contributed by atoms with Crippen molar-refractivity contribution in [2.24, 2.45) is 11.7 Å². The summed E-state index contributed by atoms with van der Waals surface area (Å²) >= 11 is 0. The van der Waals surface area contributed by atoms with E-state index in [0.717, 1.165) is 31.2 Å². The van der Waals surface area contributed by atoms with E-state index in [4.69, 9.17) is 10.2 Å². The Balaban J connectivity index is 0.00000156. The number of hydrogen-bond acceptors (Lipinski definition) is 4. The summed E-state index contributed by atoms with van der Waals surface area (Å²) in [4.78, 5) is 14.3. The fourth-order valence-electron chi connectivity index (χ4n) is 3.90. The minimum absolute atomic E-state index is 0. The summed E-state index contributed by atoms with van der Waals surface area (Å²) in [6.45, 7) is 4.77. The van der Waals surface area contributed by atoms with E-state index in [1.54, 1.807) is 0 Å². The Morgan fingerprint density at radius 3 is 2.60 bits per heavy atom. The van der Waals surface area contributed by atoms with Gasteiger partial charge in [0.2, 0.25) is 5.91 Å². The first kappa shape index (κ1) is 22.3. The highest BCUT2D eigenvalue weighted by Gasteiger charge is 2.34. The van der Waals surface area contributed by atoms with Gasteiger partial charge in [-0.25, -0.2) is 0 Å². The molecule has 3 N–H and O–H groups in total. The highest BCUT2D eigenvalue weighted by Crippen LogP contribution is 2.27. The van der Waals surface area contributed by atoms with E-state index < -0.39 is 0 Å². The van der Waals surface area contributed by atoms with Gasteiger partial charge in [0.05, 0.1) is 6.54 Å². The molecule has 2 aliphatic rings. The molecule has 1 aliphatic heterocycles. The molecule has 2 fully saturated rings. The van der Waals surface area contributed by atoms with E-state index in [1.807, 2.05) is 19.1 Å². The van der Waals surface area contributed by atoms with E-state index in [2.05, 4.69) is 10.2 Å². The van der Waals surface area contributed by atoms with Crippen LogP contribution in [0.3, 0.4) is 0 Å². The van der Waals surface area contributed by atoms with Crippen molar-refractivity contribution in [3.63, 3.8) is 0 Å². The van der Waals surface area contributed by atoms with Crippen molar-refractivity contribution in [2.45, 2.75) is 51.0 Å². The van der Waals surface area contributed by atoms with Crippen LogP contribution in [0.1, 0.15) is 49.5 Å². The number of nitrogens with two attached hydrogens (primary N) is 1. The van der Waals surface area contributed by atoms with Crippen LogP contribution in [0.15, 0.2) is 16.5 Å². The van der Waals surface area contributed by atoms with Crippen molar-refractivity contribution in [3.05, 3.63) is 23.7 Å².